The highest BCUT2D eigenvalue weighted by Gasteiger charge is 2.45. The third-order valence-electron chi connectivity index (χ3n) is 10.9. The van der Waals surface area contributed by atoms with Crippen LogP contribution in [0.2, 0.25) is 0 Å². The molecule has 8 aromatic carbocycles. The van der Waals surface area contributed by atoms with Crippen LogP contribution in [-0.2, 0) is 37.8 Å². The van der Waals surface area contributed by atoms with Crippen molar-refractivity contribution in [2.45, 2.75) is 55.4 Å². The summed E-state index contributed by atoms with van der Waals surface area (Å²) in [6.45, 7) is 1.81. The monoisotopic (exact) mass is 926 g/mol. The number of fused-ring (bicyclic) bond motifs is 1. The maximum absolute atomic E-state index is 7.35. The van der Waals surface area contributed by atoms with Crippen LogP contribution < -0.4 is 23.7 Å². The number of rotatable bonds is 18. The average Bonchev–Trinajstić information content (AvgIpc) is 3.36. The van der Waals surface area contributed by atoms with E-state index in [1.54, 1.807) is 11.8 Å². The maximum atomic E-state index is 7.35. The number of benzene rings is 8. The fraction of sp³-hybridized carbons (Fsp3) is 0.143. The fourth-order valence-corrected chi connectivity index (χ4v) is 9.41. The van der Waals surface area contributed by atoms with Gasteiger partial charge in [0.05, 0.1) is 17.4 Å². The molecular weight excluding hydrogens is 881 g/mol. The predicted molar refractivity (Wildman–Crippen MR) is 257 cm³/mol. The van der Waals surface area contributed by atoms with Crippen molar-refractivity contribution < 1.29 is 28.4 Å². The zero-order valence-corrected chi connectivity index (χ0v) is 37.5. The summed E-state index contributed by atoms with van der Waals surface area (Å²) in [5.74, 6) is 3.12. The molecule has 0 saturated carbocycles. The van der Waals surface area contributed by atoms with E-state index in [0.29, 0.717) is 66.3 Å². The van der Waals surface area contributed by atoms with E-state index >= 15 is 0 Å². The standard InChI is InChI=1S/C56H47BrO6S/c57-52-50(61-38-43-25-13-4-14-26-43)34-49(60-37-42-23-11-3-12-24-42)51-54(52)63-53(55(62-39-44-27-15-5-16-28-44)56(51)64-46-29-17-6-18-30-46)45-31-32-47(58-35-40-19-7-1-8-20-40)48(33-45)59-36-41-21-9-2-10-22-41/h1-34,53,55-56H,35-39H2/t53-,55-,56-/m1/s1. The van der Waals surface area contributed by atoms with E-state index in [1.165, 1.54) is 0 Å². The summed E-state index contributed by atoms with van der Waals surface area (Å²) >= 11 is 5.73. The number of hydrogen-bond acceptors (Lipinski definition) is 7. The molecule has 0 aromatic heterocycles. The van der Waals surface area contributed by atoms with E-state index in [1.807, 2.05) is 115 Å². The van der Waals surface area contributed by atoms with Crippen LogP contribution in [0.3, 0.4) is 0 Å². The third-order valence-corrected chi connectivity index (χ3v) is 12.9. The second-order valence-electron chi connectivity index (χ2n) is 15.4. The predicted octanol–water partition coefficient (Wildman–Crippen LogP) is 14.3. The van der Waals surface area contributed by atoms with Gasteiger partial charge in [0.15, 0.2) is 17.6 Å². The average molecular weight is 928 g/mol. The first kappa shape index (κ1) is 42.8. The molecule has 9 rings (SSSR count). The van der Waals surface area contributed by atoms with Crippen molar-refractivity contribution >= 4 is 27.7 Å². The Bertz CT molecular complexity index is 2690. The van der Waals surface area contributed by atoms with E-state index in [2.05, 4.69) is 107 Å². The Labute approximate surface area is 387 Å². The second kappa shape index (κ2) is 21.3. The highest BCUT2D eigenvalue weighted by molar-refractivity contribution is 9.10. The zero-order valence-electron chi connectivity index (χ0n) is 35.1. The van der Waals surface area contributed by atoms with Crippen molar-refractivity contribution in [2.75, 3.05) is 0 Å². The van der Waals surface area contributed by atoms with Crippen molar-refractivity contribution in [1.29, 1.82) is 0 Å². The molecule has 8 heteroatoms. The summed E-state index contributed by atoms with van der Waals surface area (Å²) in [6.07, 6.45) is -1.12. The van der Waals surface area contributed by atoms with Gasteiger partial charge in [-0.2, -0.15) is 0 Å². The lowest BCUT2D eigenvalue weighted by Gasteiger charge is -2.41. The molecule has 1 aliphatic heterocycles. The maximum Gasteiger partial charge on any atom is 0.162 e. The van der Waals surface area contributed by atoms with E-state index in [4.69, 9.17) is 28.4 Å². The lowest BCUT2D eigenvalue weighted by molar-refractivity contribution is -0.0490. The lowest BCUT2D eigenvalue weighted by atomic mass is 9.92. The Morgan fingerprint density at radius 1 is 0.422 bits per heavy atom. The summed E-state index contributed by atoms with van der Waals surface area (Å²) in [6, 6.07) is 69.4. The SMILES string of the molecule is Brc1c(OCc2ccccc2)cc(OCc2ccccc2)c2c1O[C@H](c1ccc(OCc3ccccc3)c(OCc3ccccc3)c1)[C@@H](OCc1ccccc1)[C@@H]2Sc1ccccc1. The molecule has 0 radical (unpaired) electrons. The molecule has 0 spiro atoms. The molecule has 3 atom stereocenters. The molecule has 1 aliphatic rings. The van der Waals surface area contributed by atoms with Gasteiger partial charge in [-0.3, -0.25) is 0 Å². The van der Waals surface area contributed by atoms with Gasteiger partial charge in [0.2, 0.25) is 0 Å². The first-order valence-corrected chi connectivity index (χ1v) is 23.0. The summed E-state index contributed by atoms with van der Waals surface area (Å²) in [7, 11) is 0. The molecule has 64 heavy (non-hydrogen) atoms. The van der Waals surface area contributed by atoms with Gasteiger partial charge in [-0.05, 0) is 73.6 Å². The summed E-state index contributed by atoms with van der Waals surface area (Å²) in [4.78, 5) is 1.08. The van der Waals surface area contributed by atoms with E-state index in [-0.39, 0.29) is 5.25 Å². The summed E-state index contributed by atoms with van der Waals surface area (Å²) in [5, 5.41) is -0.312. The van der Waals surface area contributed by atoms with E-state index in [9.17, 15) is 0 Å². The van der Waals surface area contributed by atoms with Crippen LogP contribution in [-0.4, -0.2) is 6.10 Å². The topological polar surface area (TPSA) is 55.4 Å². The first-order chi connectivity index (χ1) is 31.6. The van der Waals surface area contributed by atoms with Crippen LogP contribution in [0.4, 0.5) is 0 Å². The number of hydrogen-bond donors (Lipinski definition) is 0. The molecule has 8 aromatic rings. The zero-order chi connectivity index (χ0) is 43.3. The van der Waals surface area contributed by atoms with Crippen LogP contribution in [0, 0.1) is 0 Å². The van der Waals surface area contributed by atoms with Crippen LogP contribution in [0.15, 0.2) is 216 Å². The Balaban J connectivity index is 1.17. The minimum Gasteiger partial charge on any atom is -0.488 e. The largest absolute Gasteiger partial charge is 0.488 e. The summed E-state index contributed by atoms with van der Waals surface area (Å²) in [5.41, 5.74) is 6.99. The molecule has 0 bridgehead atoms. The van der Waals surface area contributed by atoms with E-state index < -0.39 is 12.2 Å². The fourth-order valence-electron chi connectivity index (χ4n) is 7.57. The molecular formula is C56H47BrO6S. The van der Waals surface area contributed by atoms with Gasteiger partial charge in [-0.25, -0.2) is 0 Å². The van der Waals surface area contributed by atoms with E-state index in [0.717, 1.165) is 43.8 Å². The van der Waals surface area contributed by atoms with Crippen LogP contribution in [0.25, 0.3) is 0 Å². The quantitative estimate of drug-likeness (QED) is 0.0850. The highest BCUT2D eigenvalue weighted by atomic mass is 79.9. The molecule has 0 N–H and O–H groups in total. The van der Waals surface area contributed by atoms with Gasteiger partial charge in [0, 0.05) is 11.0 Å². The van der Waals surface area contributed by atoms with Crippen LogP contribution in [0.1, 0.15) is 50.3 Å². The molecule has 0 aliphatic carbocycles. The Kier molecular flexibility index (Phi) is 14.2. The van der Waals surface area contributed by atoms with Crippen molar-refractivity contribution in [3.8, 4) is 28.7 Å². The minimum atomic E-state index is -0.609. The molecule has 320 valence electrons. The Morgan fingerprint density at radius 3 is 1.34 bits per heavy atom. The van der Waals surface area contributed by atoms with Gasteiger partial charge < -0.3 is 28.4 Å². The van der Waals surface area contributed by atoms with Gasteiger partial charge in [-0.1, -0.05) is 176 Å². The van der Waals surface area contributed by atoms with Crippen molar-refractivity contribution in [2.24, 2.45) is 0 Å². The highest BCUT2D eigenvalue weighted by Crippen LogP contribution is 2.58. The van der Waals surface area contributed by atoms with Crippen molar-refractivity contribution in [3.63, 3.8) is 0 Å². The normalized spacial score (nSPS) is 15.4. The molecule has 0 fully saturated rings. The van der Waals surface area contributed by atoms with Gasteiger partial charge in [-0.15, -0.1) is 11.8 Å². The molecule has 1 heterocycles. The van der Waals surface area contributed by atoms with Gasteiger partial charge in [0.1, 0.15) is 54.3 Å². The molecule has 6 nitrogen and oxygen atoms in total. The molecule has 0 unspecified atom stereocenters. The smallest absolute Gasteiger partial charge is 0.162 e. The Hall–Kier alpha value is -6.45. The molecule has 0 saturated heterocycles. The number of ether oxygens (including phenoxy) is 6. The number of thioether (sulfide) groups is 1. The van der Waals surface area contributed by atoms with Crippen LogP contribution in [0.5, 0.6) is 28.7 Å². The first-order valence-electron chi connectivity index (χ1n) is 21.4. The summed E-state index contributed by atoms with van der Waals surface area (Å²) < 4.78 is 41.8. The number of halogens is 1. The van der Waals surface area contributed by atoms with Gasteiger partial charge in [0.25, 0.3) is 0 Å². The van der Waals surface area contributed by atoms with Crippen molar-refractivity contribution in [3.05, 3.63) is 250 Å². The lowest BCUT2D eigenvalue weighted by Crippen LogP contribution is -2.36. The van der Waals surface area contributed by atoms with Crippen LogP contribution >= 0.6 is 27.7 Å². The van der Waals surface area contributed by atoms with Crippen molar-refractivity contribution in [1.82, 2.24) is 0 Å². The third kappa shape index (κ3) is 10.8. The second-order valence-corrected chi connectivity index (χ2v) is 17.4. The molecule has 0 amide bonds. The minimum absolute atomic E-state index is 0.312. The van der Waals surface area contributed by atoms with Gasteiger partial charge >= 0.3 is 0 Å². The Morgan fingerprint density at radius 2 is 0.844 bits per heavy atom.